The van der Waals surface area contributed by atoms with E-state index < -0.39 is 4.92 Å². The predicted octanol–water partition coefficient (Wildman–Crippen LogP) is 3.72. The number of nitrogens with zero attached hydrogens (tertiary/aromatic N) is 5. The van der Waals surface area contributed by atoms with Crippen molar-refractivity contribution in [2.24, 2.45) is 5.92 Å². The summed E-state index contributed by atoms with van der Waals surface area (Å²) in [5.74, 6) is 1.06. The molecule has 2 aliphatic rings. The van der Waals surface area contributed by atoms with E-state index in [2.05, 4.69) is 30.5 Å². The Kier molecular flexibility index (Phi) is 6.59. The molecular formula is C20H26ClN7O2. The molecule has 1 aliphatic carbocycles. The van der Waals surface area contributed by atoms with Crippen molar-refractivity contribution < 1.29 is 4.92 Å². The molecule has 160 valence electrons. The van der Waals surface area contributed by atoms with Gasteiger partial charge in [0.2, 0.25) is 11.8 Å². The molecule has 30 heavy (non-hydrogen) atoms. The van der Waals surface area contributed by atoms with Crippen molar-refractivity contribution in [2.75, 3.05) is 30.3 Å². The van der Waals surface area contributed by atoms with E-state index in [0.29, 0.717) is 30.0 Å². The minimum atomic E-state index is -0.453. The highest BCUT2D eigenvalue weighted by Crippen LogP contribution is 2.31. The van der Waals surface area contributed by atoms with E-state index in [1.165, 1.54) is 38.5 Å². The lowest BCUT2D eigenvalue weighted by atomic mass is 9.84. The summed E-state index contributed by atoms with van der Waals surface area (Å²) >= 11 is 6.14. The lowest BCUT2D eigenvalue weighted by molar-refractivity contribution is -0.384. The van der Waals surface area contributed by atoms with Gasteiger partial charge in [-0.15, -0.1) is 0 Å². The summed E-state index contributed by atoms with van der Waals surface area (Å²) in [6, 6.07) is 2.43. The zero-order valence-corrected chi connectivity index (χ0v) is 17.5. The molecule has 0 aromatic carbocycles. The van der Waals surface area contributed by atoms with Crippen LogP contribution < -0.4 is 10.6 Å². The van der Waals surface area contributed by atoms with Crippen molar-refractivity contribution >= 4 is 29.1 Å². The standard InChI is InChI=1S/C20H26ClN7O2/c21-17-6-7-22-11-15(17)12-24-20-25-13-18(28(29)30)19(26-20)23-10-14-2-4-16(5-3-14)27-8-1-9-27/h6-7,11,13-14,16H,1-5,8-10,12H2,(H2,23,24,25,26). The van der Waals surface area contributed by atoms with Gasteiger partial charge in [0.1, 0.15) is 6.20 Å². The Morgan fingerprint density at radius 2 is 2.00 bits per heavy atom. The summed E-state index contributed by atoms with van der Waals surface area (Å²) < 4.78 is 0. The van der Waals surface area contributed by atoms with Crippen molar-refractivity contribution in [3.63, 3.8) is 0 Å². The maximum Gasteiger partial charge on any atom is 0.329 e. The van der Waals surface area contributed by atoms with Gasteiger partial charge in [0.05, 0.1) is 4.92 Å². The Hall–Kier alpha value is -2.52. The van der Waals surface area contributed by atoms with Crippen LogP contribution in [0.25, 0.3) is 0 Å². The third-order valence-electron chi connectivity index (χ3n) is 6.03. The van der Waals surface area contributed by atoms with Crippen molar-refractivity contribution in [3.05, 3.63) is 45.4 Å². The summed E-state index contributed by atoms with van der Waals surface area (Å²) in [5.41, 5.74) is 0.684. The lowest BCUT2D eigenvalue weighted by Crippen LogP contribution is -2.46. The first-order valence-corrected chi connectivity index (χ1v) is 10.8. The van der Waals surface area contributed by atoms with Crippen LogP contribution in [0.5, 0.6) is 0 Å². The van der Waals surface area contributed by atoms with Gasteiger partial charge in [-0.2, -0.15) is 4.98 Å². The summed E-state index contributed by atoms with van der Waals surface area (Å²) in [5, 5.41) is 18.3. The molecule has 0 bridgehead atoms. The second-order valence-corrected chi connectivity index (χ2v) is 8.36. The molecule has 0 unspecified atom stereocenters. The lowest BCUT2D eigenvalue weighted by Gasteiger charge is -2.42. The molecular weight excluding hydrogens is 406 g/mol. The quantitative estimate of drug-likeness (QED) is 0.480. The molecule has 0 spiro atoms. The smallest absolute Gasteiger partial charge is 0.329 e. The summed E-state index contributed by atoms with van der Waals surface area (Å²) in [7, 11) is 0. The highest BCUT2D eigenvalue weighted by molar-refractivity contribution is 6.31. The number of pyridine rings is 1. The SMILES string of the molecule is O=[N+]([O-])c1cnc(NCc2cnccc2Cl)nc1NCC1CCC(N2CCC2)CC1. The molecule has 10 heteroatoms. The van der Waals surface area contributed by atoms with Gasteiger partial charge in [-0.25, -0.2) is 4.98 Å². The fourth-order valence-corrected chi connectivity index (χ4v) is 4.27. The summed E-state index contributed by atoms with van der Waals surface area (Å²) in [6.45, 7) is 3.53. The van der Waals surface area contributed by atoms with Gasteiger partial charge in [-0.3, -0.25) is 15.1 Å². The van der Waals surface area contributed by atoms with Gasteiger partial charge in [0.15, 0.2) is 0 Å². The number of hydrogen-bond acceptors (Lipinski definition) is 8. The van der Waals surface area contributed by atoms with Crippen molar-refractivity contribution in [1.29, 1.82) is 0 Å². The van der Waals surface area contributed by atoms with Crippen LogP contribution in [0.2, 0.25) is 5.02 Å². The number of anilines is 2. The van der Waals surface area contributed by atoms with Gasteiger partial charge in [0, 0.05) is 42.1 Å². The number of likely N-dealkylation sites (tertiary alicyclic amines) is 1. The van der Waals surface area contributed by atoms with Gasteiger partial charge in [0.25, 0.3) is 0 Å². The average molecular weight is 432 g/mol. The van der Waals surface area contributed by atoms with E-state index >= 15 is 0 Å². The maximum absolute atomic E-state index is 11.4. The molecule has 2 aromatic rings. The molecule has 2 N–H and O–H groups in total. The zero-order chi connectivity index (χ0) is 20.9. The fraction of sp³-hybridized carbons (Fsp3) is 0.550. The van der Waals surface area contributed by atoms with E-state index in [-0.39, 0.29) is 11.5 Å². The van der Waals surface area contributed by atoms with E-state index in [1.54, 1.807) is 18.5 Å². The topological polar surface area (TPSA) is 109 Å². The highest BCUT2D eigenvalue weighted by atomic mass is 35.5. The van der Waals surface area contributed by atoms with Gasteiger partial charge >= 0.3 is 5.69 Å². The summed E-state index contributed by atoms with van der Waals surface area (Å²) in [6.07, 6.45) is 10.5. The van der Waals surface area contributed by atoms with Crippen LogP contribution in [0.1, 0.15) is 37.7 Å². The molecule has 3 heterocycles. The molecule has 4 rings (SSSR count). The van der Waals surface area contributed by atoms with Crippen LogP contribution in [0.3, 0.4) is 0 Å². The van der Waals surface area contributed by atoms with Crippen LogP contribution in [0, 0.1) is 16.0 Å². The van der Waals surface area contributed by atoms with Crippen LogP contribution in [-0.2, 0) is 6.54 Å². The first kappa shape index (κ1) is 20.7. The Morgan fingerprint density at radius 1 is 1.20 bits per heavy atom. The van der Waals surface area contributed by atoms with Crippen LogP contribution in [0.4, 0.5) is 17.5 Å². The Morgan fingerprint density at radius 3 is 2.67 bits per heavy atom. The molecule has 2 aromatic heterocycles. The zero-order valence-electron chi connectivity index (χ0n) is 16.8. The number of rotatable bonds is 8. The normalized spacial score (nSPS) is 21.6. The first-order chi connectivity index (χ1) is 14.6. The van der Waals surface area contributed by atoms with Crippen molar-refractivity contribution in [2.45, 2.75) is 44.7 Å². The number of nitro groups is 1. The van der Waals surface area contributed by atoms with Crippen molar-refractivity contribution in [1.82, 2.24) is 19.9 Å². The van der Waals surface area contributed by atoms with E-state index in [9.17, 15) is 10.1 Å². The molecule has 1 saturated heterocycles. The second kappa shape index (κ2) is 9.53. The third kappa shape index (κ3) is 4.96. The van der Waals surface area contributed by atoms with Crippen LogP contribution >= 0.6 is 11.6 Å². The minimum Gasteiger partial charge on any atom is -0.364 e. The summed E-state index contributed by atoms with van der Waals surface area (Å²) in [4.78, 5) is 26.0. The van der Waals surface area contributed by atoms with Crippen LogP contribution in [0.15, 0.2) is 24.7 Å². The number of hydrogen-bond donors (Lipinski definition) is 2. The van der Waals surface area contributed by atoms with E-state index in [1.807, 2.05) is 0 Å². The third-order valence-corrected chi connectivity index (χ3v) is 6.40. The minimum absolute atomic E-state index is 0.116. The number of nitrogens with one attached hydrogen (secondary N) is 2. The molecule has 0 radical (unpaired) electrons. The number of halogens is 1. The maximum atomic E-state index is 11.4. The first-order valence-electron chi connectivity index (χ1n) is 10.4. The van der Waals surface area contributed by atoms with Gasteiger partial charge in [-0.1, -0.05) is 11.6 Å². The monoisotopic (exact) mass is 431 g/mol. The van der Waals surface area contributed by atoms with Crippen molar-refractivity contribution in [3.8, 4) is 0 Å². The molecule has 0 amide bonds. The van der Waals surface area contributed by atoms with Gasteiger partial charge in [-0.05, 0) is 57.2 Å². The number of aromatic nitrogens is 3. The van der Waals surface area contributed by atoms with E-state index in [4.69, 9.17) is 11.6 Å². The second-order valence-electron chi connectivity index (χ2n) is 7.95. The Balaban J connectivity index is 1.35. The molecule has 9 nitrogen and oxygen atoms in total. The molecule has 0 atom stereocenters. The largest absolute Gasteiger partial charge is 0.364 e. The molecule has 1 saturated carbocycles. The highest BCUT2D eigenvalue weighted by Gasteiger charge is 2.29. The Labute approximate surface area is 180 Å². The Bertz CT molecular complexity index is 885. The fourth-order valence-electron chi connectivity index (χ4n) is 4.10. The average Bonchev–Trinajstić information content (AvgIpc) is 2.71. The van der Waals surface area contributed by atoms with Crippen LogP contribution in [-0.4, -0.2) is 50.5 Å². The molecule has 2 fully saturated rings. The van der Waals surface area contributed by atoms with Gasteiger partial charge < -0.3 is 15.5 Å². The predicted molar refractivity (Wildman–Crippen MR) is 116 cm³/mol. The molecule has 1 aliphatic heterocycles. The van der Waals surface area contributed by atoms with E-state index in [0.717, 1.165) is 24.4 Å².